The fourth-order valence-corrected chi connectivity index (χ4v) is 3.94. The van der Waals surface area contributed by atoms with Crippen molar-refractivity contribution in [3.63, 3.8) is 0 Å². The van der Waals surface area contributed by atoms with Crippen LogP contribution in [0.25, 0.3) is 10.9 Å². The van der Waals surface area contributed by atoms with E-state index in [1.54, 1.807) is 18.2 Å². The highest BCUT2D eigenvalue weighted by atomic mass is 19.3. The van der Waals surface area contributed by atoms with Crippen LogP contribution in [0.3, 0.4) is 0 Å². The summed E-state index contributed by atoms with van der Waals surface area (Å²) in [6.07, 6.45) is -1.80. The van der Waals surface area contributed by atoms with E-state index in [0.717, 1.165) is 10.8 Å². The molecule has 1 aromatic heterocycles. The van der Waals surface area contributed by atoms with Gasteiger partial charge in [-0.15, -0.1) is 0 Å². The molecule has 3 rings (SSSR count). The molecule has 0 saturated heterocycles. The van der Waals surface area contributed by atoms with Crippen molar-refractivity contribution in [1.29, 1.82) is 0 Å². The van der Waals surface area contributed by atoms with Gasteiger partial charge >= 0.3 is 12.0 Å². The minimum atomic E-state index is -2.76. The van der Waals surface area contributed by atoms with E-state index in [-0.39, 0.29) is 22.2 Å². The monoisotopic (exact) mass is 470 g/mol. The molecule has 1 amide bonds. The number of rotatable bonds is 3. The number of nitrogens with zero attached hydrogens (tertiary/aromatic N) is 1. The van der Waals surface area contributed by atoms with Crippen molar-refractivity contribution in [3.8, 4) is 0 Å². The fraction of sp³-hybridized carbons (Fsp3) is 0.346. The van der Waals surface area contributed by atoms with Crippen LogP contribution in [0.5, 0.6) is 0 Å². The number of hydrogen-bond donors (Lipinski definition) is 2. The van der Waals surface area contributed by atoms with Gasteiger partial charge in [0.1, 0.15) is 5.56 Å². The van der Waals surface area contributed by atoms with E-state index in [1.165, 1.54) is 18.2 Å². The molecule has 1 heterocycles. The largest absolute Gasteiger partial charge is 0.477 e. The number of alkyl halides is 2. The Labute approximate surface area is 196 Å². The number of benzene rings is 2. The Bertz CT molecular complexity index is 1350. The minimum absolute atomic E-state index is 0.0601. The highest BCUT2D eigenvalue weighted by Crippen LogP contribution is 2.40. The lowest BCUT2D eigenvalue weighted by molar-refractivity contribution is 0.0695. The smallest absolute Gasteiger partial charge is 0.341 e. The minimum Gasteiger partial charge on any atom is -0.477 e. The van der Waals surface area contributed by atoms with Crippen molar-refractivity contribution in [2.45, 2.75) is 58.8 Å². The summed E-state index contributed by atoms with van der Waals surface area (Å²) in [6, 6.07) is 8.33. The molecule has 180 valence electrons. The summed E-state index contributed by atoms with van der Waals surface area (Å²) in [6.45, 7) is 11.3. The lowest BCUT2D eigenvalue weighted by Gasteiger charge is -2.30. The predicted molar refractivity (Wildman–Crippen MR) is 128 cm³/mol. The zero-order valence-corrected chi connectivity index (χ0v) is 20.0. The predicted octanol–water partition coefficient (Wildman–Crippen LogP) is 6.31. The average Bonchev–Trinajstić information content (AvgIpc) is 2.71. The van der Waals surface area contributed by atoms with E-state index in [9.17, 15) is 28.3 Å². The van der Waals surface area contributed by atoms with Crippen LogP contribution in [0, 0.1) is 0 Å². The van der Waals surface area contributed by atoms with Crippen LogP contribution in [0.2, 0.25) is 0 Å². The summed E-state index contributed by atoms with van der Waals surface area (Å²) in [5.74, 6) is -1.47. The second kappa shape index (κ2) is 8.66. The van der Waals surface area contributed by atoms with Crippen molar-refractivity contribution in [3.05, 3.63) is 75.1 Å². The first kappa shape index (κ1) is 25.1. The first-order chi connectivity index (χ1) is 15.6. The first-order valence-corrected chi connectivity index (χ1v) is 10.8. The fourth-order valence-electron chi connectivity index (χ4n) is 3.94. The maximum absolute atomic E-state index is 14.0. The van der Waals surface area contributed by atoms with Gasteiger partial charge < -0.3 is 10.4 Å². The average molecular weight is 471 g/mol. The number of para-hydroxylation sites is 1. The van der Waals surface area contributed by atoms with Crippen LogP contribution in [-0.2, 0) is 10.8 Å². The third kappa shape index (κ3) is 4.71. The molecule has 0 spiro atoms. The molecule has 0 atom stereocenters. The molecule has 0 bridgehead atoms. The molecular weight excluding hydrogens is 442 g/mol. The molecule has 0 fully saturated rings. The third-order valence-electron chi connectivity index (χ3n) is 5.64. The summed E-state index contributed by atoms with van der Waals surface area (Å²) in [4.78, 5) is 37.5. The summed E-state index contributed by atoms with van der Waals surface area (Å²) in [5.41, 5.74) is -0.995. The standard InChI is InChI=1S/C26H28F2N2O4/c1-25(2,3)17-12-18(26(4,5)6)19(11-15(17)22(27)28)29-24(34)30-13-16(23(32)33)21(31)14-9-7-8-10-20(14)30/h7-13,22H,1-6H3,(H,29,34)(H,32,33). The Morgan fingerprint density at radius 3 is 2.09 bits per heavy atom. The Hall–Kier alpha value is -3.55. The van der Waals surface area contributed by atoms with Crippen LogP contribution in [0.1, 0.15) is 75.0 Å². The number of nitrogens with one attached hydrogen (secondary N) is 1. The number of carboxylic acids is 1. The number of carboxylic acid groups (broad SMARTS) is 1. The Kier molecular flexibility index (Phi) is 6.39. The molecule has 34 heavy (non-hydrogen) atoms. The van der Waals surface area contributed by atoms with Gasteiger partial charge in [0.25, 0.3) is 6.43 Å². The molecule has 2 N–H and O–H groups in total. The highest BCUT2D eigenvalue weighted by Gasteiger charge is 2.29. The first-order valence-electron chi connectivity index (χ1n) is 10.8. The van der Waals surface area contributed by atoms with Gasteiger partial charge in [0.2, 0.25) is 5.43 Å². The number of anilines is 1. The number of fused-ring (bicyclic) bond motifs is 1. The zero-order valence-electron chi connectivity index (χ0n) is 20.0. The number of amides is 1. The molecule has 6 nitrogen and oxygen atoms in total. The van der Waals surface area contributed by atoms with Gasteiger partial charge in [-0.2, -0.15) is 0 Å². The van der Waals surface area contributed by atoms with Gasteiger partial charge in [0, 0.05) is 22.8 Å². The van der Waals surface area contributed by atoms with Crippen LogP contribution in [-0.4, -0.2) is 21.7 Å². The maximum Gasteiger partial charge on any atom is 0.341 e. The summed E-state index contributed by atoms with van der Waals surface area (Å²) in [7, 11) is 0. The number of aromatic nitrogens is 1. The van der Waals surface area contributed by atoms with Gasteiger partial charge in [-0.1, -0.05) is 59.7 Å². The summed E-state index contributed by atoms with van der Waals surface area (Å²) in [5, 5.41) is 12.2. The molecule has 0 radical (unpaired) electrons. The second-order valence-corrected chi connectivity index (χ2v) is 10.3. The van der Waals surface area contributed by atoms with Crippen molar-refractivity contribution >= 4 is 28.6 Å². The quantitative estimate of drug-likeness (QED) is 0.469. The molecule has 0 aliphatic rings. The van der Waals surface area contributed by atoms with E-state index in [1.807, 2.05) is 41.5 Å². The lowest BCUT2D eigenvalue weighted by atomic mass is 9.77. The van der Waals surface area contributed by atoms with Crippen molar-refractivity contribution in [2.24, 2.45) is 0 Å². The summed E-state index contributed by atoms with van der Waals surface area (Å²) < 4.78 is 29.0. The van der Waals surface area contributed by atoms with Crippen molar-refractivity contribution < 1.29 is 23.5 Å². The van der Waals surface area contributed by atoms with Gasteiger partial charge in [0.05, 0.1) is 5.52 Å². The van der Waals surface area contributed by atoms with Gasteiger partial charge in [0.15, 0.2) is 0 Å². The summed E-state index contributed by atoms with van der Waals surface area (Å²) >= 11 is 0. The topological polar surface area (TPSA) is 88.4 Å². The van der Waals surface area contributed by atoms with Crippen molar-refractivity contribution in [1.82, 2.24) is 4.57 Å². The number of aromatic carboxylic acids is 1. The molecule has 0 aliphatic carbocycles. The second-order valence-electron chi connectivity index (χ2n) is 10.3. The van der Waals surface area contributed by atoms with Gasteiger partial charge in [-0.25, -0.2) is 18.4 Å². The number of pyridine rings is 1. The molecule has 0 unspecified atom stereocenters. The maximum atomic E-state index is 14.0. The Morgan fingerprint density at radius 1 is 0.971 bits per heavy atom. The Balaban J connectivity index is 2.24. The van der Waals surface area contributed by atoms with Gasteiger partial charge in [-0.05, 0) is 40.2 Å². The number of carbonyl (C=O) groups is 2. The van der Waals surface area contributed by atoms with Gasteiger partial charge in [-0.3, -0.25) is 9.36 Å². The molecule has 2 aromatic carbocycles. The molecule has 0 saturated carbocycles. The van der Waals surface area contributed by atoms with E-state index in [4.69, 9.17) is 0 Å². The highest BCUT2D eigenvalue weighted by molar-refractivity contribution is 6.01. The van der Waals surface area contributed by atoms with E-state index in [2.05, 4.69) is 5.32 Å². The Morgan fingerprint density at radius 2 is 1.56 bits per heavy atom. The molecule has 3 aromatic rings. The van der Waals surface area contributed by atoms with Crippen LogP contribution >= 0.6 is 0 Å². The molecular formula is C26H28F2N2O4. The van der Waals surface area contributed by atoms with E-state index < -0.39 is 40.2 Å². The van der Waals surface area contributed by atoms with Crippen molar-refractivity contribution in [2.75, 3.05) is 5.32 Å². The van der Waals surface area contributed by atoms with Crippen LogP contribution in [0.15, 0.2) is 47.4 Å². The molecule has 0 aliphatic heterocycles. The van der Waals surface area contributed by atoms with Crippen LogP contribution in [0.4, 0.5) is 19.3 Å². The van der Waals surface area contributed by atoms with E-state index in [0.29, 0.717) is 11.1 Å². The zero-order chi connectivity index (χ0) is 25.6. The number of halogens is 2. The number of hydrogen-bond acceptors (Lipinski definition) is 3. The third-order valence-corrected chi connectivity index (χ3v) is 5.64. The van der Waals surface area contributed by atoms with E-state index >= 15 is 0 Å². The van der Waals surface area contributed by atoms with Crippen LogP contribution < -0.4 is 10.7 Å². The number of carbonyl (C=O) groups excluding carboxylic acids is 1. The molecule has 8 heteroatoms. The normalized spacial score (nSPS) is 12.3. The SMILES string of the molecule is CC(C)(C)c1cc(C(C)(C)C)c(C(F)F)cc1NC(=O)n1cc(C(=O)O)c(=O)c2ccccc21. The lowest BCUT2D eigenvalue weighted by Crippen LogP contribution is -2.27.